The minimum atomic E-state index is -0.00851. The van der Waals surface area contributed by atoms with E-state index < -0.39 is 0 Å². The van der Waals surface area contributed by atoms with Crippen molar-refractivity contribution in [3.63, 3.8) is 0 Å². The molecule has 0 spiro atoms. The molecule has 15 heavy (non-hydrogen) atoms. The molecule has 0 aliphatic rings. The summed E-state index contributed by atoms with van der Waals surface area (Å²) in [6.07, 6.45) is 2.73. The van der Waals surface area contributed by atoms with Gasteiger partial charge in [-0.15, -0.1) is 6.58 Å². The van der Waals surface area contributed by atoms with E-state index in [1.54, 1.807) is 6.08 Å². The topological polar surface area (TPSA) is 33.1 Å². The van der Waals surface area contributed by atoms with Gasteiger partial charge in [-0.05, 0) is 47.8 Å². The lowest BCUT2D eigenvalue weighted by Crippen LogP contribution is -1.97. The number of aliphatic hydroxyl groups excluding tert-OH is 1. The standard InChI is InChI=1S/C9H12BrNO.C3H6/c1-3-7-4-8(10)9(5-12)11-6(7)2;1-3-2/h4,12H,3,5H2,1-2H3;3H,1H2,2H3. The minimum Gasteiger partial charge on any atom is -0.390 e. The third kappa shape index (κ3) is 4.58. The average Bonchev–Trinajstić information content (AvgIpc) is 2.22. The summed E-state index contributed by atoms with van der Waals surface area (Å²) in [7, 11) is 0. The Hall–Kier alpha value is -0.670. The zero-order valence-corrected chi connectivity index (χ0v) is 11.1. The molecule has 0 unspecified atom stereocenters. The van der Waals surface area contributed by atoms with E-state index in [4.69, 9.17) is 5.11 Å². The molecule has 1 N–H and O–H groups in total. The summed E-state index contributed by atoms with van der Waals surface area (Å²) >= 11 is 3.36. The van der Waals surface area contributed by atoms with E-state index >= 15 is 0 Å². The first-order valence-corrected chi connectivity index (χ1v) is 5.72. The fourth-order valence-corrected chi connectivity index (χ4v) is 1.63. The molecule has 0 bridgehead atoms. The smallest absolute Gasteiger partial charge is 0.0864 e. The highest BCUT2D eigenvalue weighted by molar-refractivity contribution is 9.10. The highest BCUT2D eigenvalue weighted by Crippen LogP contribution is 2.19. The number of aliphatic hydroxyl groups is 1. The van der Waals surface area contributed by atoms with Crippen LogP contribution in [0.5, 0.6) is 0 Å². The number of rotatable bonds is 2. The zero-order valence-electron chi connectivity index (χ0n) is 9.55. The molecule has 3 heteroatoms. The van der Waals surface area contributed by atoms with Gasteiger partial charge in [0.15, 0.2) is 0 Å². The van der Waals surface area contributed by atoms with E-state index in [-0.39, 0.29) is 6.61 Å². The van der Waals surface area contributed by atoms with E-state index in [0.29, 0.717) is 5.69 Å². The molecule has 1 heterocycles. The first-order chi connectivity index (χ1) is 7.10. The van der Waals surface area contributed by atoms with Crippen molar-refractivity contribution in [2.45, 2.75) is 33.8 Å². The van der Waals surface area contributed by atoms with E-state index in [2.05, 4.69) is 34.4 Å². The van der Waals surface area contributed by atoms with Gasteiger partial charge in [-0.3, -0.25) is 4.98 Å². The van der Waals surface area contributed by atoms with Crippen molar-refractivity contribution in [2.24, 2.45) is 0 Å². The van der Waals surface area contributed by atoms with Crippen molar-refractivity contribution in [2.75, 3.05) is 0 Å². The number of hydrogen-bond acceptors (Lipinski definition) is 2. The maximum Gasteiger partial charge on any atom is 0.0864 e. The molecule has 1 rings (SSSR count). The monoisotopic (exact) mass is 271 g/mol. The molecule has 84 valence electrons. The van der Waals surface area contributed by atoms with Gasteiger partial charge in [-0.25, -0.2) is 0 Å². The van der Waals surface area contributed by atoms with E-state index in [1.165, 1.54) is 5.56 Å². The molecular weight excluding hydrogens is 254 g/mol. The summed E-state index contributed by atoms with van der Waals surface area (Å²) in [5.41, 5.74) is 2.94. The van der Waals surface area contributed by atoms with Gasteiger partial charge in [0.1, 0.15) is 0 Å². The number of halogens is 1. The lowest BCUT2D eigenvalue weighted by molar-refractivity contribution is 0.275. The van der Waals surface area contributed by atoms with Crippen LogP contribution in [0, 0.1) is 6.92 Å². The third-order valence-corrected chi connectivity index (χ3v) is 2.56. The summed E-state index contributed by atoms with van der Waals surface area (Å²) in [4.78, 5) is 4.27. The molecule has 0 radical (unpaired) electrons. The zero-order chi connectivity index (χ0) is 11.8. The molecule has 0 fully saturated rings. The van der Waals surface area contributed by atoms with Crippen LogP contribution in [0.2, 0.25) is 0 Å². The predicted octanol–water partition coefficient (Wildman–Crippen LogP) is 3.40. The highest BCUT2D eigenvalue weighted by Gasteiger charge is 2.04. The first kappa shape index (κ1) is 14.3. The SMILES string of the molecule is C=CC.CCc1cc(Br)c(CO)nc1C. The van der Waals surface area contributed by atoms with Crippen LogP contribution in [-0.2, 0) is 13.0 Å². The van der Waals surface area contributed by atoms with Gasteiger partial charge in [0.2, 0.25) is 0 Å². The van der Waals surface area contributed by atoms with Crippen molar-refractivity contribution >= 4 is 15.9 Å². The summed E-state index contributed by atoms with van der Waals surface area (Å²) in [5.74, 6) is 0. The molecule has 0 atom stereocenters. The molecule has 1 aromatic rings. The molecule has 0 saturated carbocycles. The molecule has 0 aromatic carbocycles. The summed E-state index contributed by atoms with van der Waals surface area (Å²) in [6, 6.07) is 2.02. The van der Waals surface area contributed by atoms with Crippen LogP contribution in [-0.4, -0.2) is 10.1 Å². The van der Waals surface area contributed by atoms with Gasteiger partial charge in [0.05, 0.1) is 12.3 Å². The number of aromatic nitrogens is 1. The summed E-state index contributed by atoms with van der Waals surface area (Å²) < 4.78 is 0.896. The Balaban J connectivity index is 0.000000583. The number of nitrogens with zero attached hydrogens (tertiary/aromatic N) is 1. The predicted molar refractivity (Wildman–Crippen MR) is 67.8 cm³/mol. The minimum absolute atomic E-state index is 0.00851. The average molecular weight is 272 g/mol. The van der Waals surface area contributed by atoms with E-state index in [1.807, 2.05) is 19.9 Å². The van der Waals surface area contributed by atoms with Gasteiger partial charge in [-0.2, -0.15) is 0 Å². The Kier molecular flexibility index (Phi) is 7.26. The Morgan fingerprint density at radius 3 is 2.53 bits per heavy atom. The van der Waals surface area contributed by atoms with Crippen molar-refractivity contribution in [3.05, 3.63) is 40.1 Å². The number of allylic oxidation sites excluding steroid dienone is 1. The van der Waals surface area contributed by atoms with Crippen LogP contribution in [0.3, 0.4) is 0 Å². The van der Waals surface area contributed by atoms with Crippen molar-refractivity contribution in [1.82, 2.24) is 4.98 Å². The quantitative estimate of drug-likeness (QED) is 0.837. The summed E-state index contributed by atoms with van der Waals surface area (Å²) in [5, 5.41) is 8.91. The molecule has 2 nitrogen and oxygen atoms in total. The Bertz CT molecular complexity index is 294. The molecule has 0 aliphatic heterocycles. The maximum absolute atomic E-state index is 8.91. The van der Waals surface area contributed by atoms with E-state index in [9.17, 15) is 0 Å². The lowest BCUT2D eigenvalue weighted by Gasteiger charge is -2.06. The molecular formula is C12H18BrNO. The van der Waals surface area contributed by atoms with Crippen LogP contribution >= 0.6 is 15.9 Å². The van der Waals surface area contributed by atoms with Crippen LogP contribution in [0.15, 0.2) is 23.2 Å². The molecule has 0 aliphatic carbocycles. The fourth-order valence-electron chi connectivity index (χ4n) is 1.14. The number of aryl methyl sites for hydroxylation is 2. The second kappa shape index (κ2) is 7.60. The summed E-state index contributed by atoms with van der Waals surface area (Å²) in [6.45, 7) is 9.30. The van der Waals surface area contributed by atoms with Crippen LogP contribution in [0.1, 0.15) is 30.8 Å². The second-order valence-corrected chi connectivity index (χ2v) is 3.94. The third-order valence-electron chi connectivity index (χ3n) is 1.87. The van der Waals surface area contributed by atoms with Crippen molar-refractivity contribution < 1.29 is 5.11 Å². The normalized spacial score (nSPS) is 9.13. The number of pyridine rings is 1. The Labute approximate surface area is 100 Å². The van der Waals surface area contributed by atoms with Crippen LogP contribution in [0.4, 0.5) is 0 Å². The largest absolute Gasteiger partial charge is 0.390 e. The maximum atomic E-state index is 8.91. The van der Waals surface area contributed by atoms with Crippen molar-refractivity contribution in [1.29, 1.82) is 0 Å². The first-order valence-electron chi connectivity index (χ1n) is 4.93. The second-order valence-electron chi connectivity index (χ2n) is 3.08. The highest BCUT2D eigenvalue weighted by atomic mass is 79.9. The van der Waals surface area contributed by atoms with E-state index in [0.717, 1.165) is 16.6 Å². The number of hydrogen-bond donors (Lipinski definition) is 1. The lowest BCUT2D eigenvalue weighted by atomic mass is 10.1. The molecule has 1 aromatic heterocycles. The van der Waals surface area contributed by atoms with Gasteiger partial charge in [-0.1, -0.05) is 13.0 Å². The van der Waals surface area contributed by atoms with Gasteiger partial charge >= 0.3 is 0 Å². The van der Waals surface area contributed by atoms with Gasteiger partial charge in [0.25, 0.3) is 0 Å². The molecule has 0 saturated heterocycles. The Morgan fingerprint density at radius 1 is 1.60 bits per heavy atom. The van der Waals surface area contributed by atoms with Gasteiger partial charge in [0, 0.05) is 10.2 Å². The fraction of sp³-hybridized carbons (Fsp3) is 0.417. The van der Waals surface area contributed by atoms with Crippen LogP contribution < -0.4 is 0 Å². The van der Waals surface area contributed by atoms with Crippen molar-refractivity contribution in [3.8, 4) is 0 Å². The molecule has 0 amide bonds. The van der Waals surface area contributed by atoms with Crippen LogP contribution in [0.25, 0.3) is 0 Å². The van der Waals surface area contributed by atoms with Gasteiger partial charge < -0.3 is 5.11 Å². The Morgan fingerprint density at radius 2 is 2.13 bits per heavy atom.